The Balaban J connectivity index is 1.64. The fourth-order valence-electron chi connectivity index (χ4n) is 1.80. The first kappa shape index (κ1) is 16.2. The molecule has 1 amide bonds. The predicted molar refractivity (Wildman–Crippen MR) is 91.0 cm³/mol. The monoisotopic (exact) mass is 360 g/mol. The normalized spacial score (nSPS) is 10.6. The number of hydrogen-bond donors (Lipinski definition) is 1. The maximum Gasteiger partial charge on any atom is 0.277 e. The number of aryl methyl sites for hydroxylation is 1. The number of amides is 1. The second-order valence-corrected chi connectivity index (χ2v) is 5.53. The number of carbonyl (C=O) groups is 1. The van der Waals surface area contributed by atoms with E-state index >= 15 is 0 Å². The van der Waals surface area contributed by atoms with Crippen LogP contribution in [0.15, 0.2) is 64.2 Å². The highest BCUT2D eigenvalue weighted by Gasteiger charge is 2.01. The summed E-state index contributed by atoms with van der Waals surface area (Å²) in [5.74, 6) is 0.355. The van der Waals surface area contributed by atoms with Crippen LogP contribution in [0.25, 0.3) is 0 Å². The summed E-state index contributed by atoms with van der Waals surface area (Å²) < 4.78 is 6.27. The third-order valence-electron chi connectivity index (χ3n) is 2.85. The van der Waals surface area contributed by atoms with Crippen LogP contribution in [-0.2, 0) is 11.2 Å². The molecule has 0 fully saturated rings. The molecule has 114 valence electrons. The third-order valence-corrected chi connectivity index (χ3v) is 3.34. The van der Waals surface area contributed by atoms with Crippen molar-refractivity contribution in [1.82, 2.24) is 5.43 Å². The lowest BCUT2D eigenvalue weighted by Gasteiger charge is -2.05. The maximum absolute atomic E-state index is 11.6. The van der Waals surface area contributed by atoms with Crippen LogP contribution in [-0.4, -0.2) is 18.7 Å². The van der Waals surface area contributed by atoms with Crippen LogP contribution < -0.4 is 10.2 Å². The molecular formula is C17H17BrN2O2. The van der Waals surface area contributed by atoms with E-state index in [0.29, 0.717) is 5.75 Å². The van der Waals surface area contributed by atoms with E-state index in [2.05, 4.69) is 38.6 Å². The van der Waals surface area contributed by atoms with E-state index in [9.17, 15) is 4.79 Å². The number of rotatable bonds is 7. The Morgan fingerprint density at radius 1 is 1.18 bits per heavy atom. The Morgan fingerprint density at radius 3 is 2.77 bits per heavy atom. The molecule has 0 saturated heterocycles. The Bertz CT molecular complexity index is 630. The van der Waals surface area contributed by atoms with Crippen LogP contribution >= 0.6 is 15.9 Å². The zero-order valence-corrected chi connectivity index (χ0v) is 13.6. The fraction of sp³-hybridized carbons (Fsp3) is 0.176. The van der Waals surface area contributed by atoms with Gasteiger partial charge < -0.3 is 4.74 Å². The lowest BCUT2D eigenvalue weighted by atomic mass is 10.1. The minimum absolute atomic E-state index is 0.0630. The van der Waals surface area contributed by atoms with Gasteiger partial charge in [-0.2, -0.15) is 5.10 Å². The molecule has 4 nitrogen and oxygen atoms in total. The molecule has 0 saturated carbocycles. The lowest BCUT2D eigenvalue weighted by Crippen LogP contribution is -2.24. The summed E-state index contributed by atoms with van der Waals surface area (Å²) in [7, 11) is 0. The second kappa shape index (κ2) is 9.00. The van der Waals surface area contributed by atoms with Crippen LogP contribution in [0.3, 0.4) is 0 Å². The summed E-state index contributed by atoms with van der Waals surface area (Å²) in [6.45, 7) is -0.0630. The molecule has 5 heteroatoms. The molecule has 1 N–H and O–H groups in total. The molecule has 0 bridgehead atoms. The molecule has 22 heavy (non-hydrogen) atoms. The predicted octanol–water partition coefficient (Wildman–Crippen LogP) is 3.56. The quantitative estimate of drug-likeness (QED) is 0.606. The number of nitrogens with zero attached hydrogens (tertiary/aromatic N) is 1. The first-order valence-electron chi connectivity index (χ1n) is 6.97. The van der Waals surface area contributed by atoms with Crippen molar-refractivity contribution in [3.8, 4) is 5.75 Å². The topological polar surface area (TPSA) is 50.7 Å². The molecule has 2 aromatic carbocycles. The van der Waals surface area contributed by atoms with Gasteiger partial charge in [0.2, 0.25) is 0 Å². The van der Waals surface area contributed by atoms with Crippen molar-refractivity contribution in [3.05, 3.63) is 64.6 Å². The van der Waals surface area contributed by atoms with Crippen LogP contribution in [0.4, 0.5) is 0 Å². The second-order valence-electron chi connectivity index (χ2n) is 4.62. The first-order valence-corrected chi connectivity index (χ1v) is 7.76. The third kappa shape index (κ3) is 6.10. The minimum Gasteiger partial charge on any atom is -0.484 e. The maximum atomic E-state index is 11.6. The van der Waals surface area contributed by atoms with Gasteiger partial charge in [0.15, 0.2) is 6.61 Å². The van der Waals surface area contributed by atoms with E-state index in [1.165, 1.54) is 5.56 Å². The average Bonchev–Trinajstić information content (AvgIpc) is 2.54. The number of nitrogens with one attached hydrogen (secondary N) is 1. The minimum atomic E-state index is -0.282. The molecule has 0 atom stereocenters. The van der Waals surface area contributed by atoms with Crippen molar-refractivity contribution < 1.29 is 9.53 Å². The van der Waals surface area contributed by atoms with Gasteiger partial charge in [-0.05, 0) is 36.6 Å². The van der Waals surface area contributed by atoms with Crippen molar-refractivity contribution in [3.63, 3.8) is 0 Å². The molecule has 2 rings (SSSR count). The molecule has 0 heterocycles. The van der Waals surface area contributed by atoms with Crippen molar-refractivity contribution in [1.29, 1.82) is 0 Å². The Labute approximate surface area is 138 Å². The van der Waals surface area contributed by atoms with Gasteiger partial charge in [0.25, 0.3) is 5.91 Å². The van der Waals surface area contributed by atoms with E-state index in [0.717, 1.165) is 17.3 Å². The summed E-state index contributed by atoms with van der Waals surface area (Å²) in [5.41, 5.74) is 3.70. The lowest BCUT2D eigenvalue weighted by molar-refractivity contribution is -0.123. The largest absolute Gasteiger partial charge is 0.484 e. The van der Waals surface area contributed by atoms with Gasteiger partial charge in [-0.15, -0.1) is 0 Å². The van der Waals surface area contributed by atoms with Gasteiger partial charge in [0.1, 0.15) is 5.75 Å². The molecule has 0 aliphatic heterocycles. The highest BCUT2D eigenvalue weighted by atomic mass is 79.9. The van der Waals surface area contributed by atoms with Gasteiger partial charge in [-0.1, -0.05) is 52.3 Å². The Kier molecular flexibility index (Phi) is 6.64. The standard InChI is InChI=1S/C17H17BrN2O2/c18-15-9-4-10-16(12-15)22-13-17(21)20-19-11-5-8-14-6-2-1-3-7-14/h1-4,6-7,9-12H,5,8,13H2,(H,20,21)/b19-11-. The van der Waals surface area contributed by atoms with Gasteiger partial charge in [-0.25, -0.2) is 5.43 Å². The van der Waals surface area contributed by atoms with Gasteiger partial charge in [0, 0.05) is 10.7 Å². The number of benzene rings is 2. The summed E-state index contributed by atoms with van der Waals surface area (Å²) in [4.78, 5) is 11.6. The molecule has 0 spiro atoms. The van der Waals surface area contributed by atoms with Crippen molar-refractivity contribution in [2.45, 2.75) is 12.8 Å². The highest BCUT2D eigenvalue weighted by Crippen LogP contribution is 2.17. The first-order chi connectivity index (χ1) is 10.7. The fourth-order valence-corrected chi connectivity index (χ4v) is 2.17. The van der Waals surface area contributed by atoms with E-state index in [1.54, 1.807) is 18.3 Å². The highest BCUT2D eigenvalue weighted by molar-refractivity contribution is 9.10. The number of carbonyl (C=O) groups excluding carboxylic acids is 1. The smallest absolute Gasteiger partial charge is 0.277 e. The van der Waals surface area contributed by atoms with Crippen LogP contribution in [0.1, 0.15) is 12.0 Å². The Morgan fingerprint density at radius 2 is 2.00 bits per heavy atom. The SMILES string of the molecule is O=C(COc1cccc(Br)c1)N/N=C\CCc1ccccc1. The summed E-state index contributed by atoms with van der Waals surface area (Å²) in [6, 6.07) is 17.5. The Hall–Kier alpha value is -2.14. The number of ether oxygens (including phenoxy) is 1. The molecular weight excluding hydrogens is 344 g/mol. The van der Waals surface area contributed by atoms with Gasteiger partial charge >= 0.3 is 0 Å². The van der Waals surface area contributed by atoms with Crippen molar-refractivity contribution >= 4 is 28.1 Å². The zero-order chi connectivity index (χ0) is 15.6. The number of halogens is 1. The summed E-state index contributed by atoms with van der Waals surface area (Å²) >= 11 is 3.34. The van der Waals surface area contributed by atoms with E-state index in [1.807, 2.05) is 30.3 Å². The van der Waals surface area contributed by atoms with Crippen molar-refractivity contribution in [2.24, 2.45) is 5.10 Å². The van der Waals surface area contributed by atoms with E-state index in [-0.39, 0.29) is 12.5 Å². The molecule has 2 aromatic rings. The number of hydrogen-bond acceptors (Lipinski definition) is 3. The number of hydrazone groups is 1. The zero-order valence-electron chi connectivity index (χ0n) is 12.0. The molecule has 0 aliphatic carbocycles. The molecule has 0 radical (unpaired) electrons. The molecule has 0 aromatic heterocycles. The average molecular weight is 361 g/mol. The van der Waals surface area contributed by atoms with Crippen LogP contribution in [0, 0.1) is 0 Å². The van der Waals surface area contributed by atoms with E-state index < -0.39 is 0 Å². The van der Waals surface area contributed by atoms with E-state index in [4.69, 9.17) is 4.74 Å². The summed E-state index contributed by atoms with van der Waals surface area (Å²) in [5, 5.41) is 3.90. The summed E-state index contributed by atoms with van der Waals surface area (Å²) in [6.07, 6.45) is 3.37. The van der Waals surface area contributed by atoms with Crippen molar-refractivity contribution in [2.75, 3.05) is 6.61 Å². The molecule has 0 aliphatic rings. The van der Waals surface area contributed by atoms with Crippen LogP contribution in [0.5, 0.6) is 5.75 Å². The van der Waals surface area contributed by atoms with Gasteiger partial charge in [0.05, 0.1) is 0 Å². The molecule has 0 unspecified atom stereocenters. The van der Waals surface area contributed by atoms with Gasteiger partial charge in [-0.3, -0.25) is 4.79 Å². The van der Waals surface area contributed by atoms with Crippen LogP contribution in [0.2, 0.25) is 0 Å².